The van der Waals surface area contributed by atoms with Gasteiger partial charge in [0.1, 0.15) is 0 Å². The minimum absolute atomic E-state index is 0.0404. The summed E-state index contributed by atoms with van der Waals surface area (Å²) in [6.07, 6.45) is 16.4. The van der Waals surface area contributed by atoms with Crippen LogP contribution in [-0.2, 0) is 6.42 Å². The van der Waals surface area contributed by atoms with E-state index in [2.05, 4.69) is 57.2 Å². The first-order valence-electron chi connectivity index (χ1n) is 15.8. The maximum atomic E-state index is 11.2. The second-order valence-corrected chi connectivity index (χ2v) is 14.4. The van der Waals surface area contributed by atoms with Crippen molar-refractivity contribution < 1.29 is 15.3 Å². The van der Waals surface area contributed by atoms with Gasteiger partial charge in [0, 0.05) is 5.92 Å². The molecule has 5 unspecified atom stereocenters. The van der Waals surface area contributed by atoms with Crippen LogP contribution in [0.4, 0.5) is 0 Å². The molecule has 0 bridgehead atoms. The van der Waals surface area contributed by atoms with E-state index >= 15 is 0 Å². The predicted octanol–water partition coefficient (Wildman–Crippen LogP) is 7.58. The lowest BCUT2D eigenvalue weighted by molar-refractivity contribution is -0.0719. The van der Waals surface area contributed by atoms with Crippen LogP contribution in [0.25, 0.3) is 0 Å². The molecule has 1 aromatic rings. The Morgan fingerprint density at radius 2 is 1.76 bits per heavy atom. The summed E-state index contributed by atoms with van der Waals surface area (Å²) in [6.45, 7) is 11.1. The number of aliphatic hydroxyl groups is 3. The van der Waals surface area contributed by atoms with Crippen LogP contribution in [0.15, 0.2) is 42.5 Å². The van der Waals surface area contributed by atoms with E-state index in [9.17, 15) is 15.3 Å². The van der Waals surface area contributed by atoms with Crippen LogP contribution in [0, 0.1) is 46.8 Å². The van der Waals surface area contributed by atoms with Crippen LogP contribution in [0.5, 0.6) is 0 Å². The second kappa shape index (κ2) is 12.6. The zero-order valence-corrected chi connectivity index (χ0v) is 24.9. The third-order valence-corrected chi connectivity index (χ3v) is 11.3. The Kier molecular flexibility index (Phi) is 9.86. The molecule has 0 aliphatic heterocycles. The summed E-state index contributed by atoms with van der Waals surface area (Å²) in [6, 6.07) is 10.4. The Labute approximate surface area is 233 Å². The maximum Gasteiger partial charge on any atom is 0.0624 e. The van der Waals surface area contributed by atoms with Gasteiger partial charge in [0.15, 0.2) is 0 Å². The van der Waals surface area contributed by atoms with Gasteiger partial charge in [0.2, 0.25) is 0 Å². The van der Waals surface area contributed by atoms with Gasteiger partial charge in [0.05, 0.1) is 17.8 Å². The summed E-state index contributed by atoms with van der Waals surface area (Å²) in [4.78, 5) is 0. The Morgan fingerprint density at radius 3 is 2.47 bits per heavy atom. The third-order valence-electron chi connectivity index (χ3n) is 11.3. The van der Waals surface area contributed by atoms with Crippen molar-refractivity contribution in [3.63, 3.8) is 0 Å². The zero-order chi connectivity index (χ0) is 27.5. The monoisotopic (exact) mass is 524 g/mol. The lowest BCUT2D eigenvalue weighted by Crippen LogP contribution is -2.45. The van der Waals surface area contributed by atoms with Gasteiger partial charge in [0.25, 0.3) is 0 Å². The van der Waals surface area contributed by atoms with Gasteiger partial charge in [-0.3, -0.25) is 0 Å². The van der Waals surface area contributed by atoms with Gasteiger partial charge in [-0.1, -0.05) is 82.5 Å². The maximum absolute atomic E-state index is 11.2. The van der Waals surface area contributed by atoms with Crippen molar-refractivity contribution in [2.45, 2.75) is 123 Å². The lowest BCUT2D eigenvalue weighted by Gasteiger charge is -2.46. The average Bonchev–Trinajstić information content (AvgIpc) is 3.22. The number of benzene rings is 1. The summed E-state index contributed by atoms with van der Waals surface area (Å²) in [5.74, 6) is 3.26. The molecule has 3 aliphatic carbocycles. The van der Waals surface area contributed by atoms with Crippen molar-refractivity contribution in [1.29, 1.82) is 0 Å². The normalized spacial score (nSPS) is 38.8. The van der Waals surface area contributed by atoms with E-state index in [1.165, 1.54) is 44.1 Å². The Morgan fingerprint density at radius 1 is 1.05 bits per heavy atom. The summed E-state index contributed by atoms with van der Waals surface area (Å²) in [5, 5.41) is 32.4. The second-order valence-electron chi connectivity index (χ2n) is 14.4. The molecule has 0 aromatic heterocycles. The van der Waals surface area contributed by atoms with Crippen LogP contribution < -0.4 is 0 Å². The minimum Gasteiger partial charge on any atom is -0.393 e. The van der Waals surface area contributed by atoms with Crippen LogP contribution in [-0.4, -0.2) is 33.1 Å². The lowest BCUT2D eigenvalue weighted by atomic mass is 9.59. The number of allylic oxidation sites excluding steroid dienone is 2. The quantitative estimate of drug-likeness (QED) is 0.277. The Balaban J connectivity index is 1.34. The number of aryl methyl sites for hydroxylation is 1. The standard InChI is InChI=1S/C35H56O3/c1-24(11-9-21-34(3,4)38)30-19-20-31-27(14-10-22-35(30,31)5)16-17-28-23-32(36)29(33(37)25(28)2)18-15-26-12-7-6-8-13-26/h6-8,12-13,16-17,24-25,27-33,36-38H,9-11,14-15,18-23H2,1-5H3/b17-16-/t24-,25?,27?,28?,29-,30?,31?,32-,33-,35-/m1/s1. The molecule has 3 fully saturated rings. The van der Waals surface area contributed by atoms with Gasteiger partial charge >= 0.3 is 0 Å². The van der Waals surface area contributed by atoms with Crippen molar-refractivity contribution in [1.82, 2.24) is 0 Å². The van der Waals surface area contributed by atoms with Crippen molar-refractivity contribution >= 4 is 0 Å². The smallest absolute Gasteiger partial charge is 0.0624 e. The van der Waals surface area contributed by atoms with Crippen molar-refractivity contribution in [3.05, 3.63) is 48.0 Å². The van der Waals surface area contributed by atoms with Crippen molar-refractivity contribution in [3.8, 4) is 0 Å². The highest BCUT2D eigenvalue weighted by Crippen LogP contribution is 2.60. The molecule has 10 atom stereocenters. The summed E-state index contributed by atoms with van der Waals surface area (Å²) in [5.41, 5.74) is 1.14. The molecule has 3 aliphatic rings. The van der Waals surface area contributed by atoms with Crippen LogP contribution in [0.2, 0.25) is 0 Å². The van der Waals surface area contributed by atoms with E-state index in [-0.39, 0.29) is 17.8 Å². The molecule has 3 nitrogen and oxygen atoms in total. The summed E-state index contributed by atoms with van der Waals surface area (Å²) >= 11 is 0. The molecule has 214 valence electrons. The largest absolute Gasteiger partial charge is 0.393 e. The number of aliphatic hydroxyl groups excluding tert-OH is 2. The van der Waals surface area contributed by atoms with Gasteiger partial charge in [-0.05, 0) is 112 Å². The molecule has 0 radical (unpaired) electrons. The highest BCUT2D eigenvalue weighted by molar-refractivity contribution is 5.15. The fraction of sp³-hybridized carbons (Fsp3) is 0.771. The fourth-order valence-electron chi connectivity index (χ4n) is 8.93. The van der Waals surface area contributed by atoms with Gasteiger partial charge in [-0.25, -0.2) is 0 Å². The van der Waals surface area contributed by atoms with Crippen LogP contribution in [0.1, 0.15) is 104 Å². The molecule has 0 amide bonds. The molecule has 0 saturated heterocycles. The van der Waals surface area contributed by atoms with E-state index in [1.807, 2.05) is 19.9 Å². The van der Waals surface area contributed by atoms with Gasteiger partial charge in [-0.2, -0.15) is 0 Å². The molecule has 1 aromatic carbocycles. The predicted molar refractivity (Wildman–Crippen MR) is 158 cm³/mol. The van der Waals surface area contributed by atoms with E-state index in [0.717, 1.165) is 43.9 Å². The highest BCUT2D eigenvalue weighted by atomic mass is 16.3. The number of hydrogen-bond acceptors (Lipinski definition) is 3. The molecular formula is C35H56O3. The number of fused-ring (bicyclic) bond motifs is 1. The first-order chi connectivity index (χ1) is 18.0. The van der Waals surface area contributed by atoms with Crippen molar-refractivity contribution in [2.24, 2.45) is 46.8 Å². The molecule has 4 rings (SSSR count). The molecule has 3 N–H and O–H groups in total. The van der Waals surface area contributed by atoms with Crippen LogP contribution in [0.3, 0.4) is 0 Å². The molecule has 3 heteroatoms. The molecule has 3 saturated carbocycles. The van der Waals surface area contributed by atoms with Crippen LogP contribution >= 0.6 is 0 Å². The van der Waals surface area contributed by atoms with E-state index in [4.69, 9.17) is 0 Å². The molecule has 0 spiro atoms. The van der Waals surface area contributed by atoms with Crippen molar-refractivity contribution in [2.75, 3.05) is 0 Å². The number of hydrogen-bond donors (Lipinski definition) is 3. The highest BCUT2D eigenvalue weighted by Gasteiger charge is 2.51. The number of rotatable bonds is 10. The zero-order valence-electron chi connectivity index (χ0n) is 24.9. The third kappa shape index (κ3) is 6.94. The van der Waals surface area contributed by atoms with Gasteiger partial charge in [-0.15, -0.1) is 0 Å². The molecule has 0 heterocycles. The first-order valence-corrected chi connectivity index (χ1v) is 15.8. The average molecular weight is 525 g/mol. The topological polar surface area (TPSA) is 60.7 Å². The molecular weight excluding hydrogens is 468 g/mol. The van der Waals surface area contributed by atoms with E-state index in [0.29, 0.717) is 17.3 Å². The fourth-order valence-corrected chi connectivity index (χ4v) is 8.93. The SMILES string of the molecule is CC1C(/C=C\C2CCC[C@@]3(C)C2CCC3[C@H](C)CCCC(C)(C)O)C[C@@H](O)[C@@H](CCc2ccccc2)[C@@H]1O. The Bertz CT molecular complexity index is 888. The first kappa shape index (κ1) is 29.8. The van der Waals surface area contributed by atoms with E-state index in [1.54, 1.807) is 0 Å². The summed E-state index contributed by atoms with van der Waals surface area (Å²) in [7, 11) is 0. The van der Waals surface area contributed by atoms with Gasteiger partial charge < -0.3 is 15.3 Å². The van der Waals surface area contributed by atoms with E-state index < -0.39 is 17.8 Å². The minimum atomic E-state index is -0.554. The summed E-state index contributed by atoms with van der Waals surface area (Å²) < 4.78 is 0. The molecule has 38 heavy (non-hydrogen) atoms. The Hall–Kier alpha value is -1.16.